The van der Waals surface area contributed by atoms with E-state index in [1.807, 2.05) is 13.8 Å². The molecule has 0 aliphatic carbocycles. The predicted octanol–water partition coefficient (Wildman–Crippen LogP) is -0.172. The summed E-state index contributed by atoms with van der Waals surface area (Å²) in [4.78, 5) is 62.6. The number of likely N-dealkylation sites (tertiary alicyclic amines) is 1. The van der Waals surface area contributed by atoms with Gasteiger partial charge in [-0.1, -0.05) is 26.0 Å². The zero-order valence-corrected chi connectivity index (χ0v) is 20.3. The van der Waals surface area contributed by atoms with E-state index in [2.05, 4.69) is 10.6 Å². The molecule has 36 heavy (non-hydrogen) atoms. The third-order valence-electron chi connectivity index (χ3n) is 5.88. The van der Waals surface area contributed by atoms with Gasteiger partial charge in [-0.05, 0) is 49.3 Å². The number of aromatic hydroxyl groups is 1. The maximum Gasteiger partial charge on any atom is 0.326 e. The fourth-order valence-electron chi connectivity index (χ4n) is 4.11. The fraction of sp³-hybridized carbons (Fsp3) is 0.542. The van der Waals surface area contributed by atoms with E-state index in [1.54, 1.807) is 12.1 Å². The molecule has 0 saturated carbocycles. The number of carbonyl (C=O) groups excluding carboxylic acids is 3. The van der Waals surface area contributed by atoms with Crippen molar-refractivity contribution in [3.63, 3.8) is 0 Å². The zero-order chi connectivity index (χ0) is 27.0. The van der Waals surface area contributed by atoms with E-state index >= 15 is 0 Å². The van der Waals surface area contributed by atoms with Crippen LogP contribution in [-0.2, 0) is 30.4 Å². The minimum atomic E-state index is -1.65. The molecule has 2 rings (SSSR count). The van der Waals surface area contributed by atoms with Crippen LogP contribution >= 0.6 is 0 Å². The molecule has 1 fully saturated rings. The molecule has 0 bridgehead atoms. The van der Waals surface area contributed by atoms with E-state index in [1.165, 1.54) is 17.0 Å². The molecular formula is C24H34N4O8. The van der Waals surface area contributed by atoms with Crippen molar-refractivity contribution < 1.29 is 39.3 Å². The highest BCUT2D eigenvalue weighted by Gasteiger charge is 2.38. The van der Waals surface area contributed by atoms with Crippen molar-refractivity contribution in [2.75, 3.05) is 6.54 Å². The van der Waals surface area contributed by atoms with Crippen molar-refractivity contribution in [1.29, 1.82) is 0 Å². The van der Waals surface area contributed by atoms with Gasteiger partial charge in [0.15, 0.2) is 0 Å². The first-order chi connectivity index (χ1) is 16.9. The second kappa shape index (κ2) is 12.9. The SMILES string of the molecule is CC(C)CC(NC(=O)C1CCCN1C(=O)C(N)Cc1ccc(O)cc1)C(=O)NC(CC(=O)O)C(=O)O. The van der Waals surface area contributed by atoms with Gasteiger partial charge in [0.05, 0.1) is 12.5 Å². The highest BCUT2D eigenvalue weighted by Crippen LogP contribution is 2.20. The molecule has 0 aromatic heterocycles. The fourth-order valence-corrected chi connectivity index (χ4v) is 4.11. The second-order valence-electron chi connectivity index (χ2n) is 9.35. The lowest BCUT2D eigenvalue weighted by molar-refractivity contribution is -0.147. The highest BCUT2D eigenvalue weighted by molar-refractivity contribution is 5.95. The molecule has 4 atom stereocenters. The number of hydrogen-bond acceptors (Lipinski definition) is 7. The first-order valence-electron chi connectivity index (χ1n) is 11.8. The Kier molecular flexibility index (Phi) is 10.2. The molecule has 1 aliphatic heterocycles. The number of benzene rings is 1. The molecule has 1 aromatic rings. The lowest BCUT2D eigenvalue weighted by Crippen LogP contribution is -2.57. The third-order valence-corrected chi connectivity index (χ3v) is 5.88. The maximum absolute atomic E-state index is 13.1. The summed E-state index contributed by atoms with van der Waals surface area (Å²) in [6.07, 6.45) is 0.514. The van der Waals surface area contributed by atoms with Gasteiger partial charge >= 0.3 is 11.9 Å². The number of rotatable bonds is 12. The monoisotopic (exact) mass is 506 g/mol. The molecule has 1 saturated heterocycles. The number of amides is 3. The van der Waals surface area contributed by atoms with E-state index in [-0.39, 0.29) is 24.5 Å². The number of nitrogens with one attached hydrogen (secondary N) is 2. The van der Waals surface area contributed by atoms with Crippen LogP contribution in [0, 0.1) is 5.92 Å². The number of phenols is 1. The summed E-state index contributed by atoms with van der Waals surface area (Å²) in [6, 6.07) is 1.76. The molecule has 4 unspecified atom stereocenters. The summed E-state index contributed by atoms with van der Waals surface area (Å²) in [5.41, 5.74) is 6.86. The Morgan fingerprint density at radius 1 is 1.06 bits per heavy atom. The highest BCUT2D eigenvalue weighted by atomic mass is 16.4. The molecule has 1 heterocycles. The number of carboxylic acid groups (broad SMARTS) is 2. The number of aliphatic carboxylic acids is 2. The lowest BCUT2D eigenvalue weighted by atomic mass is 10.0. The summed E-state index contributed by atoms with van der Waals surface area (Å²) in [5, 5.41) is 32.3. The minimum absolute atomic E-state index is 0.0520. The normalized spacial score (nSPS) is 17.8. The van der Waals surface area contributed by atoms with Gasteiger partial charge in [-0.3, -0.25) is 19.2 Å². The average molecular weight is 507 g/mol. The topological polar surface area (TPSA) is 199 Å². The third kappa shape index (κ3) is 8.22. The number of nitrogens with two attached hydrogens (primary N) is 1. The molecule has 7 N–H and O–H groups in total. The predicted molar refractivity (Wildman–Crippen MR) is 128 cm³/mol. The van der Waals surface area contributed by atoms with Crippen LogP contribution in [0.5, 0.6) is 5.75 Å². The Morgan fingerprint density at radius 3 is 2.25 bits per heavy atom. The van der Waals surface area contributed by atoms with E-state index in [0.717, 1.165) is 5.56 Å². The molecule has 0 spiro atoms. The first-order valence-corrected chi connectivity index (χ1v) is 11.8. The smallest absolute Gasteiger partial charge is 0.326 e. The van der Waals surface area contributed by atoms with Crippen LogP contribution < -0.4 is 16.4 Å². The van der Waals surface area contributed by atoms with E-state index in [0.29, 0.717) is 19.4 Å². The Hall–Kier alpha value is -3.67. The number of nitrogens with zero attached hydrogens (tertiary/aromatic N) is 1. The van der Waals surface area contributed by atoms with E-state index in [4.69, 9.17) is 10.8 Å². The molecular weight excluding hydrogens is 472 g/mol. The lowest BCUT2D eigenvalue weighted by Gasteiger charge is -2.29. The summed E-state index contributed by atoms with van der Waals surface area (Å²) in [6.45, 7) is 3.94. The Balaban J connectivity index is 2.08. The van der Waals surface area contributed by atoms with Gasteiger partial charge < -0.3 is 36.6 Å². The second-order valence-corrected chi connectivity index (χ2v) is 9.35. The summed E-state index contributed by atoms with van der Waals surface area (Å²) < 4.78 is 0. The summed E-state index contributed by atoms with van der Waals surface area (Å²) >= 11 is 0. The van der Waals surface area contributed by atoms with Gasteiger partial charge in [-0.15, -0.1) is 0 Å². The van der Waals surface area contributed by atoms with Gasteiger partial charge in [0.1, 0.15) is 23.9 Å². The average Bonchev–Trinajstić information content (AvgIpc) is 3.28. The number of carboxylic acids is 2. The largest absolute Gasteiger partial charge is 0.508 e. The molecule has 3 amide bonds. The van der Waals surface area contributed by atoms with E-state index < -0.39 is 60.2 Å². The van der Waals surface area contributed by atoms with Gasteiger partial charge in [0, 0.05) is 6.54 Å². The van der Waals surface area contributed by atoms with Crippen molar-refractivity contribution in [3.8, 4) is 5.75 Å². The molecule has 198 valence electrons. The van der Waals surface area contributed by atoms with Crippen LogP contribution in [-0.4, -0.2) is 80.6 Å². The van der Waals surface area contributed by atoms with Crippen molar-refractivity contribution in [3.05, 3.63) is 29.8 Å². The van der Waals surface area contributed by atoms with Crippen LogP contribution in [0.4, 0.5) is 0 Å². The van der Waals surface area contributed by atoms with Crippen LogP contribution in [0.1, 0.15) is 45.1 Å². The van der Waals surface area contributed by atoms with Gasteiger partial charge in [-0.2, -0.15) is 0 Å². The Bertz CT molecular complexity index is 965. The standard InChI is InChI=1S/C24H34N4O8/c1-13(2)10-17(21(32)27-18(24(35)36)12-20(30)31)26-22(33)19-4-3-9-28(19)23(34)16(25)11-14-5-7-15(29)8-6-14/h5-8,13,16-19,29H,3-4,9-12,25H2,1-2H3,(H,26,33)(H,27,32)(H,30,31)(H,35,36). The number of carbonyl (C=O) groups is 5. The first kappa shape index (κ1) is 28.6. The molecule has 1 aliphatic rings. The maximum atomic E-state index is 13.1. The number of hydrogen-bond donors (Lipinski definition) is 6. The van der Waals surface area contributed by atoms with Gasteiger partial charge in [0.25, 0.3) is 0 Å². The van der Waals surface area contributed by atoms with Crippen molar-refractivity contribution in [2.45, 2.75) is 70.1 Å². The van der Waals surface area contributed by atoms with Crippen molar-refractivity contribution in [1.82, 2.24) is 15.5 Å². The van der Waals surface area contributed by atoms with Crippen molar-refractivity contribution in [2.24, 2.45) is 11.7 Å². The molecule has 0 radical (unpaired) electrons. The van der Waals surface area contributed by atoms with Crippen LogP contribution in [0.25, 0.3) is 0 Å². The minimum Gasteiger partial charge on any atom is -0.508 e. The Morgan fingerprint density at radius 2 is 1.69 bits per heavy atom. The van der Waals surface area contributed by atoms with Gasteiger partial charge in [-0.25, -0.2) is 4.79 Å². The van der Waals surface area contributed by atoms with Crippen LogP contribution in [0.15, 0.2) is 24.3 Å². The van der Waals surface area contributed by atoms with Crippen LogP contribution in [0.3, 0.4) is 0 Å². The molecule has 12 nitrogen and oxygen atoms in total. The van der Waals surface area contributed by atoms with Crippen LogP contribution in [0.2, 0.25) is 0 Å². The summed E-state index contributed by atoms with van der Waals surface area (Å²) in [7, 11) is 0. The molecule has 12 heteroatoms. The zero-order valence-electron chi connectivity index (χ0n) is 20.3. The quantitative estimate of drug-likeness (QED) is 0.223. The van der Waals surface area contributed by atoms with Crippen molar-refractivity contribution >= 4 is 29.7 Å². The van der Waals surface area contributed by atoms with E-state index in [9.17, 15) is 34.2 Å². The Labute approximate surface area is 208 Å². The molecule has 1 aromatic carbocycles. The number of phenolic OH excluding ortho intramolecular Hbond substituents is 1. The summed E-state index contributed by atoms with van der Waals surface area (Å²) in [5.74, 6) is -4.66. The van der Waals surface area contributed by atoms with Gasteiger partial charge in [0.2, 0.25) is 17.7 Å².